The number of carbonyl (C=O) groups excluding carboxylic acids is 1. The number of aromatic amines is 1. The molecule has 0 aliphatic heterocycles. The molecule has 26 heavy (non-hydrogen) atoms. The van der Waals surface area contributed by atoms with Crippen molar-refractivity contribution in [1.82, 2.24) is 9.55 Å². The van der Waals surface area contributed by atoms with Crippen LogP contribution < -0.4 is 16.1 Å². The summed E-state index contributed by atoms with van der Waals surface area (Å²) < 4.78 is 14.5. The zero-order chi connectivity index (χ0) is 18.7. The Morgan fingerprint density at radius 3 is 2.50 bits per heavy atom. The summed E-state index contributed by atoms with van der Waals surface area (Å²) in [5, 5.41) is 0.394. The van der Waals surface area contributed by atoms with Crippen molar-refractivity contribution in [3.05, 3.63) is 75.2 Å². The third-order valence-corrected chi connectivity index (χ3v) is 4.21. The number of halogens is 1. The number of aromatic nitrogens is 2. The van der Waals surface area contributed by atoms with Gasteiger partial charge in [0.05, 0.1) is 10.9 Å². The molecular formula is C19H18FN3O3. The summed E-state index contributed by atoms with van der Waals surface area (Å²) in [6.45, 7) is 2.38. The fraction of sp³-hybridized carbons (Fsp3) is 0.211. The first-order valence-electron chi connectivity index (χ1n) is 8.29. The molecule has 134 valence electrons. The van der Waals surface area contributed by atoms with Crippen molar-refractivity contribution in [1.29, 1.82) is 0 Å². The van der Waals surface area contributed by atoms with Gasteiger partial charge in [0.1, 0.15) is 5.82 Å². The van der Waals surface area contributed by atoms with Crippen molar-refractivity contribution in [3.8, 4) is 0 Å². The molecule has 3 rings (SSSR count). The number of benzene rings is 2. The van der Waals surface area contributed by atoms with Crippen molar-refractivity contribution in [2.75, 3.05) is 11.4 Å². The van der Waals surface area contributed by atoms with Crippen molar-refractivity contribution in [3.63, 3.8) is 0 Å². The van der Waals surface area contributed by atoms with E-state index in [1.165, 1.54) is 33.7 Å². The van der Waals surface area contributed by atoms with Crippen LogP contribution in [0.5, 0.6) is 0 Å². The summed E-state index contributed by atoms with van der Waals surface area (Å²) in [6.07, 6.45) is 0.0706. The molecule has 6 nitrogen and oxygen atoms in total. The van der Waals surface area contributed by atoms with Gasteiger partial charge in [-0.05, 0) is 43.3 Å². The molecule has 0 aliphatic rings. The van der Waals surface area contributed by atoms with E-state index in [9.17, 15) is 18.8 Å². The third kappa shape index (κ3) is 3.42. The lowest BCUT2D eigenvalue weighted by molar-refractivity contribution is -0.118. The van der Waals surface area contributed by atoms with Crippen molar-refractivity contribution < 1.29 is 9.18 Å². The molecule has 3 aromatic rings. The molecule has 1 aromatic heterocycles. The number of carbonyl (C=O) groups is 1. The number of hydrogen-bond donors (Lipinski definition) is 1. The first-order chi connectivity index (χ1) is 12.5. The SMILES string of the molecule is CCN(C(=O)CCn1c(=O)[nH]c(=O)c2ccccc21)c1ccc(F)cc1. The van der Waals surface area contributed by atoms with Crippen LogP contribution >= 0.6 is 0 Å². The molecule has 0 fully saturated rings. The normalized spacial score (nSPS) is 10.8. The summed E-state index contributed by atoms with van der Waals surface area (Å²) in [5.74, 6) is -0.565. The molecule has 0 spiro atoms. The number of aryl methyl sites for hydroxylation is 1. The standard InChI is InChI=1S/C19H18FN3O3/c1-2-22(14-9-7-13(20)8-10-14)17(24)11-12-23-16-6-4-3-5-15(16)18(25)21-19(23)26/h3-10H,2,11-12H2,1H3,(H,21,25,26). The fourth-order valence-electron chi connectivity index (χ4n) is 2.93. The number of amides is 1. The lowest BCUT2D eigenvalue weighted by Gasteiger charge is -2.21. The van der Waals surface area contributed by atoms with Gasteiger partial charge in [0, 0.05) is 25.2 Å². The van der Waals surface area contributed by atoms with Crippen LogP contribution in [0, 0.1) is 5.82 Å². The highest BCUT2D eigenvalue weighted by atomic mass is 19.1. The van der Waals surface area contributed by atoms with E-state index in [0.29, 0.717) is 23.1 Å². The zero-order valence-corrected chi connectivity index (χ0v) is 14.2. The molecule has 0 aliphatic carbocycles. The first kappa shape index (κ1) is 17.6. The van der Waals surface area contributed by atoms with Crippen LogP contribution in [0.15, 0.2) is 58.1 Å². The van der Waals surface area contributed by atoms with Crippen LogP contribution in [0.1, 0.15) is 13.3 Å². The Morgan fingerprint density at radius 1 is 1.12 bits per heavy atom. The van der Waals surface area contributed by atoms with E-state index in [0.717, 1.165) is 0 Å². The molecular weight excluding hydrogens is 337 g/mol. The monoisotopic (exact) mass is 355 g/mol. The van der Waals surface area contributed by atoms with Crippen molar-refractivity contribution in [2.24, 2.45) is 0 Å². The summed E-state index contributed by atoms with van der Waals surface area (Å²) >= 11 is 0. The molecule has 1 N–H and O–H groups in total. The van der Waals surface area contributed by atoms with Gasteiger partial charge in [-0.3, -0.25) is 19.1 Å². The van der Waals surface area contributed by atoms with E-state index in [1.807, 2.05) is 6.92 Å². The zero-order valence-electron chi connectivity index (χ0n) is 14.2. The summed E-state index contributed by atoms with van der Waals surface area (Å²) in [6, 6.07) is 12.4. The highest BCUT2D eigenvalue weighted by molar-refractivity contribution is 5.93. The average molecular weight is 355 g/mol. The van der Waals surface area contributed by atoms with E-state index < -0.39 is 11.2 Å². The van der Waals surface area contributed by atoms with Gasteiger partial charge in [-0.1, -0.05) is 12.1 Å². The number of nitrogens with zero attached hydrogens (tertiary/aromatic N) is 2. The van der Waals surface area contributed by atoms with Gasteiger partial charge >= 0.3 is 5.69 Å². The Bertz CT molecular complexity index is 1050. The summed E-state index contributed by atoms with van der Waals surface area (Å²) in [7, 11) is 0. The maximum Gasteiger partial charge on any atom is 0.328 e. The predicted octanol–water partition coefficient (Wildman–Crippen LogP) is 2.27. The molecule has 7 heteroatoms. The Balaban J connectivity index is 1.85. The van der Waals surface area contributed by atoms with Crippen LogP contribution in [-0.2, 0) is 11.3 Å². The maximum atomic E-state index is 13.1. The van der Waals surface area contributed by atoms with Gasteiger partial charge in [0.2, 0.25) is 5.91 Å². The van der Waals surface area contributed by atoms with Crippen LogP contribution in [0.2, 0.25) is 0 Å². The average Bonchev–Trinajstić information content (AvgIpc) is 2.63. The fourth-order valence-corrected chi connectivity index (χ4v) is 2.93. The Hall–Kier alpha value is -3.22. The second-order valence-corrected chi connectivity index (χ2v) is 5.79. The second kappa shape index (κ2) is 7.35. The minimum atomic E-state index is -0.550. The topological polar surface area (TPSA) is 75.2 Å². The second-order valence-electron chi connectivity index (χ2n) is 5.79. The maximum absolute atomic E-state index is 13.1. The van der Waals surface area contributed by atoms with Crippen molar-refractivity contribution in [2.45, 2.75) is 19.9 Å². The molecule has 0 bridgehead atoms. The van der Waals surface area contributed by atoms with E-state index in [1.54, 1.807) is 24.3 Å². The Morgan fingerprint density at radius 2 is 1.81 bits per heavy atom. The van der Waals surface area contributed by atoms with Gasteiger partial charge < -0.3 is 4.90 Å². The minimum absolute atomic E-state index is 0.0706. The molecule has 0 unspecified atom stereocenters. The number of nitrogens with one attached hydrogen (secondary N) is 1. The van der Waals surface area contributed by atoms with E-state index >= 15 is 0 Å². The van der Waals surface area contributed by atoms with E-state index in [-0.39, 0.29) is 24.7 Å². The lowest BCUT2D eigenvalue weighted by Crippen LogP contribution is -2.34. The van der Waals surface area contributed by atoms with Gasteiger partial charge in [0.15, 0.2) is 0 Å². The van der Waals surface area contributed by atoms with Gasteiger partial charge in [-0.15, -0.1) is 0 Å². The quantitative estimate of drug-likeness (QED) is 0.763. The predicted molar refractivity (Wildman–Crippen MR) is 97.9 cm³/mol. The molecule has 0 atom stereocenters. The number of fused-ring (bicyclic) bond motifs is 1. The summed E-state index contributed by atoms with van der Waals surface area (Å²) in [5.41, 5.74) is 0.0810. The van der Waals surface area contributed by atoms with E-state index in [2.05, 4.69) is 4.98 Å². The molecule has 1 amide bonds. The highest BCUT2D eigenvalue weighted by Gasteiger charge is 2.15. The van der Waals surface area contributed by atoms with Crippen LogP contribution in [-0.4, -0.2) is 22.0 Å². The van der Waals surface area contributed by atoms with Gasteiger partial charge in [-0.25, -0.2) is 9.18 Å². The molecule has 0 saturated heterocycles. The van der Waals surface area contributed by atoms with Crippen LogP contribution in [0.3, 0.4) is 0 Å². The molecule has 2 aromatic carbocycles. The summed E-state index contributed by atoms with van der Waals surface area (Å²) in [4.78, 5) is 40.4. The largest absolute Gasteiger partial charge is 0.328 e. The first-order valence-corrected chi connectivity index (χ1v) is 8.29. The van der Waals surface area contributed by atoms with Gasteiger partial charge in [0.25, 0.3) is 5.56 Å². The highest BCUT2D eigenvalue weighted by Crippen LogP contribution is 2.16. The van der Waals surface area contributed by atoms with Gasteiger partial charge in [-0.2, -0.15) is 0 Å². The van der Waals surface area contributed by atoms with Crippen LogP contribution in [0.25, 0.3) is 10.9 Å². The molecule has 0 radical (unpaired) electrons. The molecule has 1 heterocycles. The number of H-pyrrole nitrogens is 1. The Kier molecular flexibility index (Phi) is 4.97. The Labute approximate surface area is 148 Å². The number of rotatable bonds is 5. The van der Waals surface area contributed by atoms with Crippen molar-refractivity contribution >= 4 is 22.5 Å². The number of anilines is 1. The lowest BCUT2D eigenvalue weighted by atomic mass is 10.2. The van der Waals surface area contributed by atoms with E-state index in [4.69, 9.17) is 0 Å². The third-order valence-electron chi connectivity index (χ3n) is 4.21. The number of para-hydroxylation sites is 1. The minimum Gasteiger partial charge on any atom is -0.313 e. The smallest absolute Gasteiger partial charge is 0.313 e. The number of hydrogen-bond acceptors (Lipinski definition) is 3. The van der Waals surface area contributed by atoms with Crippen LogP contribution in [0.4, 0.5) is 10.1 Å². The molecule has 0 saturated carbocycles.